The Hall–Kier alpha value is -1.37. The van der Waals surface area contributed by atoms with E-state index in [-0.39, 0.29) is 5.91 Å². The van der Waals surface area contributed by atoms with Crippen molar-refractivity contribution in [2.45, 2.75) is 13.8 Å². The summed E-state index contributed by atoms with van der Waals surface area (Å²) in [6.45, 7) is 6.34. The van der Waals surface area contributed by atoms with Crippen molar-refractivity contribution in [3.8, 4) is 0 Å². The lowest BCUT2D eigenvalue weighted by atomic mass is 10.1. The largest absolute Gasteiger partial charge is 0.337 e. The molecular formula is C14H24ClN5O. The Kier molecular flexibility index (Phi) is 6.87. The van der Waals surface area contributed by atoms with Crippen LogP contribution in [0.3, 0.4) is 0 Å². The number of amides is 1. The van der Waals surface area contributed by atoms with Gasteiger partial charge in [0.1, 0.15) is 0 Å². The number of halogens is 1. The number of pyridine rings is 1. The standard InChI is InChI=1S/C14H24ClN5O/c1-10(2)9-20(6-5-19(3)4)14(21)11-7-12(15)13(18-16)17-8-11/h7-8,10H,5-6,9,16H2,1-4H3,(H,17,18). The molecule has 118 valence electrons. The van der Waals surface area contributed by atoms with Gasteiger partial charge in [0.15, 0.2) is 5.82 Å². The monoisotopic (exact) mass is 313 g/mol. The van der Waals surface area contributed by atoms with Crippen molar-refractivity contribution in [1.82, 2.24) is 14.8 Å². The first-order valence-corrected chi connectivity index (χ1v) is 7.29. The van der Waals surface area contributed by atoms with Gasteiger partial charge in [0, 0.05) is 25.8 Å². The summed E-state index contributed by atoms with van der Waals surface area (Å²) in [6.07, 6.45) is 1.49. The zero-order valence-electron chi connectivity index (χ0n) is 13.1. The van der Waals surface area contributed by atoms with E-state index in [2.05, 4.69) is 24.3 Å². The first-order valence-electron chi connectivity index (χ1n) is 6.91. The highest BCUT2D eigenvalue weighted by Gasteiger charge is 2.18. The van der Waals surface area contributed by atoms with Crippen molar-refractivity contribution in [3.05, 3.63) is 22.8 Å². The number of carbonyl (C=O) groups excluding carboxylic acids is 1. The highest BCUT2D eigenvalue weighted by molar-refractivity contribution is 6.33. The molecule has 0 saturated carbocycles. The van der Waals surface area contributed by atoms with Gasteiger partial charge in [-0.2, -0.15) is 0 Å². The maximum atomic E-state index is 12.6. The van der Waals surface area contributed by atoms with Gasteiger partial charge in [0.25, 0.3) is 5.91 Å². The number of nitrogens with zero attached hydrogens (tertiary/aromatic N) is 3. The smallest absolute Gasteiger partial charge is 0.255 e. The third kappa shape index (κ3) is 5.49. The Bertz CT molecular complexity index is 478. The van der Waals surface area contributed by atoms with Gasteiger partial charge in [0.05, 0.1) is 10.6 Å². The minimum absolute atomic E-state index is 0.0662. The van der Waals surface area contributed by atoms with Crippen molar-refractivity contribution >= 4 is 23.3 Å². The number of carbonyl (C=O) groups is 1. The number of hydrazine groups is 1. The molecule has 1 amide bonds. The van der Waals surface area contributed by atoms with Crippen LogP contribution in [0.15, 0.2) is 12.3 Å². The lowest BCUT2D eigenvalue weighted by Gasteiger charge is -2.26. The Labute approximate surface area is 131 Å². The summed E-state index contributed by atoms with van der Waals surface area (Å²) in [5.74, 6) is 5.97. The normalized spacial score (nSPS) is 11.0. The van der Waals surface area contributed by atoms with E-state index in [1.165, 1.54) is 6.20 Å². The lowest BCUT2D eigenvalue weighted by Crippen LogP contribution is -2.39. The first-order chi connectivity index (χ1) is 9.85. The SMILES string of the molecule is CC(C)CN(CCN(C)C)C(=O)c1cnc(NN)c(Cl)c1. The molecule has 0 aliphatic rings. The van der Waals surface area contributed by atoms with Crippen LogP contribution < -0.4 is 11.3 Å². The van der Waals surface area contributed by atoms with Gasteiger partial charge in [-0.3, -0.25) is 4.79 Å². The van der Waals surface area contributed by atoms with E-state index in [1.807, 2.05) is 23.9 Å². The summed E-state index contributed by atoms with van der Waals surface area (Å²) >= 11 is 6.03. The van der Waals surface area contributed by atoms with E-state index in [4.69, 9.17) is 17.4 Å². The second kappa shape index (κ2) is 8.17. The van der Waals surface area contributed by atoms with Crippen molar-refractivity contribution in [2.75, 3.05) is 39.2 Å². The Balaban J connectivity index is 2.90. The third-order valence-electron chi connectivity index (χ3n) is 2.91. The lowest BCUT2D eigenvalue weighted by molar-refractivity contribution is 0.0724. The van der Waals surface area contributed by atoms with Gasteiger partial charge in [-0.1, -0.05) is 25.4 Å². The molecule has 1 heterocycles. The van der Waals surface area contributed by atoms with Crippen LogP contribution in [0.4, 0.5) is 5.82 Å². The summed E-state index contributed by atoms with van der Waals surface area (Å²) in [7, 11) is 3.97. The average Bonchev–Trinajstić information content (AvgIpc) is 2.42. The van der Waals surface area contributed by atoms with E-state index in [0.717, 1.165) is 6.54 Å². The summed E-state index contributed by atoms with van der Waals surface area (Å²) in [4.78, 5) is 20.5. The molecule has 1 aromatic rings. The molecule has 3 N–H and O–H groups in total. The van der Waals surface area contributed by atoms with Crippen molar-refractivity contribution in [1.29, 1.82) is 0 Å². The Morgan fingerprint density at radius 3 is 2.57 bits per heavy atom. The minimum atomic E-state index is -0.0662. The highest BCUT2D eigenvalue weighted by Crippen LogP contribution is 2.20. The van der Waals surface area contributed by atoms with Gasteiger partial charge in [0.2, 0.25) is 0 Å². The molecule has 0 spiro atoms. The van der Waals surface area contributed by atoms with Crippen LogP contribution in [-0.2, 0) is 0 Å². The van der Waals surface area contributed by atoms with Crippen LogP contribution in [0.1, 0.15) is 24.2 Å². The number of nitrogen functional groups attached to an aromatic ring is 1. The molecule has 0 aromatic carbocycles. The second-order valence-corrected chi connectivity index (χ2v) is 6.05. The average molecular weight is 314 g/mol. The van der Waals surface area contributed by atoms with Crippen LogP contribution in [-0.4, -0.2) is 54.4 Å². The molecule has 0 atom stereocenters. The van der Waals surface area contributed by atoms with E-state index in [9.17, 15) is 4.79 Å². The second-order valence-electron chi connectivity index (χ2n) is 5.65. The molecule has 0 bridgehead atoms. The summed E-state index contributed by atoms with van der Waals surface area (Å²) in [5.41, 5.74) is 2.86. The predicted octanol–water partition coefficient (Wildman–Crippen LogP) is 1.68. The zero-order valence-corrected chi connectivity index (χ0v) is 13.8. The third-order valence-corrected chi connectivity index (χ3v) is 3.20. The molecule has 0 aliphatic heterocycles. The molecule has 1 rings (SSSR count). The molecule has 1 aromatic heterocycles. The number of aromatic nitrogens is 1. The van der Waals surface area contributed by atoms with Gasteiger partial charge in [-0.25, -0.2) is 10.8 Å². The van der Waals surface area contributed by atoms with Gasteiger partial charge in [-0.15, -0.1) is 0 Å². The van der Waals surface area contributed by atoms with E-state index in [0.29, 0.717) is 35.4 Å². The number of rotatable bonds is 7. The quantitative estimate of drug-likeness (QED) is 0.592. The highest BCUT2D eigenvalue weighted by atomic mass is 35.5. The summed E-state index contributed by atoms with van der Waals surface area (Å²) < 4.78 is 0. The van der Waals surface area contributed by atoms with Crippen LogP contribution in [0, 0.1) is 5.92 Å². The maximum absolute atomic E-state index is 12.6. The van der Waals surface area contributed by atoms with E-state index < -0.39 is 0 Å². The number of nitrogens with one attached hydrogen (secondary N) is 1. The van der Waals surface area contributed by atoms with Crippen LogP contribution in [0.5, 0.6) is 0 Å². The van der Waals surface area contributed by atoms with Crippen LogP contribution in [0.25, 0.3) is 0 Å². The first kappa shape index (κ1) is 17.7. The van der Waals surface area contributed by atoms with E-state index in [1.54, 1.807) is 6.07 Å². The topological polar surface area (TPSA) is 74.5 Å². The summed E-state index contributed by atoms with van der Waals surface area (Å²) in [5, 5.41) is 0.334. The predicted molar refractivity (Wildman–Crippen MR) is 86.4 cm³/mol. The van der Waals surface area contributed by atoms with E-state index >= 15 is 0 Å². The number of hydrogen-bond acceptors (Lipinski definition) is 5. The maximum Gasteiger partial charge on any atom is 0.255 e. The van der Waals surface area contributed by atoms with Gasteiger partial charge < -0.3 is 15.2 Å². The minimum Gasteiger partial charge on any atom is -0.337 e. The molecule has 0 unspecified atom stereocenters. The summed E-state index contributed by atoms with van der Waals surface area (Å²) in [6, 6.07) is 1.59. The molecule has 0 aliphatic carbocycles. The fourth-order valence-corrected chi connectivity index (χ4v) is 2.10. The zero-order chi connectivity index (χ0) is 16.0. The fourth-order valence-electron chi connectivity index (χ4n) is 1.88. The Morgan fingerprint density at radius 2 is 2.10 bits per heavy atom. The Morgan fingerprint density at radius 1 is 1.43 bits per heavy atom. The van der Waals surface area contributed by atoms with Crippen LogP contribution in [0.2, 0.25) is 5.02 Å². The molecular weight excluding hydrogens is 290 g/mol. The number of likely N-dealkylation sites (N-methyl/N-ethyl adjacent to an activating group) is 1. The molecule has 0 fully saturated rings. The number of hydrogen-bond donors (Lipinski definition) is 2. The molecule has 6 nitrogen and oxygen atoms in total. The van der Waals surface area contributed by atoms with Crippen molar-refractivity contribution < 1.29 is 4.79 Å². The number of anilines is 1. The number of nitrogens with two attached hydrogens (primary N) is 1. The van der Waals surface area contributed by atoms with Crippen molar-refractivity contribution in [2.24, 2.45) is 11.8 Å². The fraction of sp³-hybridized carbons (Fsp3) is 0.571. The van der Waals surface area contributed by atoms with Crippen LogP contribution >= 0.6 is 11.6 Å². The molecule has 7 heteroatoms. The molecule has 0 radical (unpaired) electrons. The van der Waals surface area contributed by atoms with Gasteiger partial charge >= 0.3 is 0 Å². The molecule has 0 saturated heterocycles. The molecule has 21 heavy (non-hydrogen) atoms. The van der Waals surface area contributed by atoms with Gasteiger partial charge in [-0.05, 0) is 26.1 Å². The van der Waals surface area contributed by atoms with Crippen molar-refractivity contribution in [3.63, 3.8) is 0 Å².